The molecule has 2 aromatic carbocycles. The molecule has 6 heteroatoms. The molecule has 1 heterocycles. The highest BCUT2D eigenvalue weighted by Crippen LogP contribution is 2.41. The van der Waals surface area contributed by atoms with Gasteiger partial charge >= 0.3 is 0 Å². The minimum Gasteiger partial charge on any atom is -0.496 e. The van der Waals surface area contributed by atoms with Crippen LogP contribution >= 0.6 is 0 Å². The number of nitrogens with zero attached hydrogens (tertiary/aromatic N) is 1. The maximum absolute atomic E-state index is 14.1. The van der Waals surface area contributed by atoms with Crippen molar-refractivity contribution >= 4 is 5.91 Å². The van der Waals surface area contributed by atoms with E-state index in [0.29, 0.717) is 25.9 Å². The summed E-state index contributed by atoms with van der Waals surface area (Å²) in [6, 6.07) is 14.3. The molecular weight excluding hydrogens is 434 g/mol. The van der Waals surface area contributed by atoms with E-state index in [1.165, 1.54) is 17.5 Å². The second kappa shape index (κ2) is 9.65. The molecule has 1 saturated heterocycles. The Kier molecular flexibility index (Phi) is 6.61. The van der Waals surface area contributed by atoms with Gasteiger partial charge in [-0.05, 0) is 61.3 Å². The lowest BCUT2D eigenvalue weighted by molar-refractivity contribution is -0.143. The first-order chi connectivity index (χ1) is 16.4. The van der Waals surface area contributed by atoms with Gasteiger partial charge in [0.25, 0.3) is 0 Å². The Morgan fingerprint density at radius 3 is 2.62 bits per heavy atom. The van der Waals surface area contributed by atoms with Crippen LogP contribution in [0.25, 0.3) is 0 Å². The van der Waals surface area contributed by atoms with Gasteiger partial charge in [0.2, 0.25) is 11.8 Å². The van der Waals surface area contributed by atoms with E-state index >= 15 is 0 Å². The van der Waals surface area contributed by atoms with Crippen molar-refractivity contribution in [1.29, 1.82) is 0 Å². The van der Waals surface area contributed by atoms with E-state index in [1.54, 1.807) is 7.11 Å². The number of aryl methyl sites for hydroxylation is 2. The number of likely N-dealkylation sites (tertiary alicyclic amines) is 1. The van der Waals surface area contributed by atoms with Crippen molar-refractivity contribution in [2.45, 2.75) is 75.9 Å². The van der Waals surface area contributed by atoms with Crippen molar-refractivity contribution in [3.05, 3.63) is 64.7 Å². The van der Waals surface area contributed by atoms with Crippen LogP contribution in [-0.4, -0.2) is 36.4 Å². The Labute approximate surface area is 200 Å². The lowest BCUT2D eigenvalue weighted by Gasteiger charge is -2.35. The van der Waals surface area contributed by atoms with Crippen LogP contribution in [0.5, 0.6) is 5.75 Å². The zero-order chi connectivity index (χ0) is 23.7. The van der Waals surface area contributed by atoms with Gasteiger partial charge in [0.05, 0.1) is 13.2 Å². The maximum atomic E-state index is 14.1. The highest BCUT2D eigenvalue weighted by atomic mass is 19.3. The van der Waals surface area contributed by atoms with E-state index in [1.807, 2.05) is 35.2 Å². The molecule has 34 heavy (non-hydrogen) atoms. The number of fused-ring (bicyclic) bond motifs is 1. The molecule has 3 atom stereocenters. The van der Waals surface area contributed by atoms with Crippen LogP contribution in [0, 0.1) is 5.92 Å². The second-order valence-electron chi connectivity index (χ2n) is 10.1. The van der Waals surface area contributed by atoms with Crippen LogP contribution in [-0.2, 0) is 24.2 Å². The number of nitrogens with one attached hydrogen (secondary N) is 1. The molecule has 4 nitrogen and oxygen atoms in total. The molecule has 0 spiro atoms. The highest BCUT2D eigenvalue weighted by molar-refractivity contribution is 5.80. The number of benzene rings is 2. The van der Waals surface area contributed by atoms with Gasteiger partial charge in [-0.15, -0.1) is 0 Å². The molecule has 1 amide bonds. The number of carbonyl (C=O) groups excluding carboxylic acids is 1. The average molecular weight is 469 g/mol. The number of halogens is 2. The lowest BCUT2D eigenvalue weighted by atomic mass is 9.85. The zero-order valence-electron chi connectivity index (χ0n) is 19.9. The SMILES string of the molecule is COc1cc2c(cc1CNC1CCN(C(=O)[C@@H]3CCCC(F)(F)C3)C1c1ccccc1)CCC2. The number of alkyl halides is 2. The first kappa shape index (κ1) is 23.3. The van der Waals surface area contributed by atoms with Gasteiger partial charge in [0.1, 0.15) is 5.75 Å². The molecule has 0 bridgehead atoms. The molecule has 1 saturated carbocycles. The average Bonchev–Trinajstić information content (AvgIpc) is 3.48. The number of amides is 1. The monoisotopic (exact) mass is 468 g/mol. The Balaban J connectivity index is 1.36. The summed E-state index contributed by atoms with van der Waals surface area (Å²) in [7, 11) is 1.71. The predicted molar refractivity (Wildman–Crippen MR) is 128 cm³/mol. The zero-order valence-corrected chi connectivity index (χ0v) is 19.9. The summed E-state index contributed by atoms with van der Waals surface area (Å²) in [6.07, 6.45) is 4.73. The van der Waals surface area contributed by atoms with Gasteiger partial charge in [-0.25, -0.2) is 8.78 Å². The maximum Gasteiger partial charge on any atom is 0.248 e. The Hall–Kier alpha value is -2.47. The molecular formula is C28H34F2N2O2. The second-order valence-corrected chi connectivity index (χ2v) is 10.1. The third-order valence-electron chi connectivity index (χ3n) is 7.86. The van der Waals surface area contributed by atoms with Crippen molar-refractivity contribution in [3.63, 3.8) is 0 Å². The number of rotatable bonds is 6. The molecule has 0 aromatic heterocycles. The summed E-state index contributed by atoms with van der Waals surface area (Å²) in [5.41, 5.74) is 4.96. The van der Waals surface area contributed by atoms with Gasteiger partial charge in [0.15, 0.2) is 0 Å². The third kappa shape index (κ3) is 4.70. The van der Waals surface area contributed by atoms with Crippen molar-refractivity contribution in [3.8, 4) is 5.75 Å². The highest BCUT2D eigenvalue weighted by Gasteiger charge is 2.44. The predicted octanol–water partition coefficient (Wildman–Crippen LogP) is 5.44. The van der Waals surface area contributed by atoms with Crippen molar-refractivity contribution in [2.75, 3.05) is 13.7 Å². The van der Waals surface area contributed by atoms with Crippen LogP contribution in [0.4, 0.5) is 8.78 Å². The minimum atomic E-state index is -2.73. The number of hydrogen-bond acceptors (Lipinski definition) is 3. The fourth-order valence-corrected chi connectivity index (χ4v) is 6.15. The van der Waals surface area contributed by atoms with Crippen LogP contribution in [0.2, 0.25) is 0 Å². The summed E-state index contributed by atoms with van der Waals surface area (Å²) >= 11 is 0. The number of methoxy groups -OCH3 is 1. The Morgan fingerprint density at radius 2 is 1.88 bits per heavy atom. The van der Waals surface area contributed by atoms with Gasteiger partial charge in [-0.3, -0.25) is 4.79 Å². The van der Waals surface area contributed by atoms with Crippen molar-refractivity contribution in [2.24, 2.45) is 5.92 Å². The van der Waals surface area contributed by atoms with E-state index in [4.69, 9.17) is 4.74 Å². The molecule has 0 radical (unpaired) electrons. The minimum absolute atomic E-state index is 0.0495. The molecule has 1 aliphatic heterocycles. The summed E-state index contributed by atoms with van der Waals surface area (Å²) in [5.74, 6) is -2.54. The summed E-state index contributed by atoms with van der Waals surface area (Å²) in [5, 5.41) is 3.69. The molecule has 2 fully saturated rings. The Bertz CT molecular complexity index is 1030. The van der Waals surface area contributed by atoms with Crippen molar-refractivity contribution < 1.29 is 18.3 Å². The van der Waals surface area contributed by atoms with E-state index in [0.717, 1.165) is 36.1 Å². The van der Waals surface area contributed by atoms with Gasteiger partial charge in [-0.1, -0.05) is 36.4 Å². The molecule has 2 aromatic rings. The number of ether oxygens (including phenoxy) is 1. The van der Waals surface area contributed by atoms with E-state index < -0.39 is 11.8 Å². The molecule has 3 aliphatic rings. The standard InChI is InChI=1S/C28H34F2N2O2/c1-34-25-16-21-10-5-9-20(21)15-23(25)18-31-24-12-14-32(26(24)19-7-3-2-4-8-19)27(33)22-11-6-13-28(29,30)17-22/h2-4,7-8,15-16,22,24,26,31H,5-6,9-14,17-18H2,1H3/t22-,24?,26?/m1/s1. The first-order valence-corrected chi connectivity index (χ1v) is 12.6. The van der Waals surface area contributed by atoms with Crippen LogP contribution in [0.1, 0.15) is 66.8 Å². The largest absolute Gasteiger partial charge is 0.496 e. The molecule has 2 aliphatic carbocycles. The van der Waals surface area contributed by atoms with Crippen LogP contribution in [0.15, 0.2) is 42.5 Å². The van der Waals surface area contributed by atoms with Gasteiger partial charge in [-0.2, -0.15) is 0 Å². The first-order valence-electron chi connectivity index (χ1n) is 12.6. The molecule has 5 rings (SSSR count). The van der Waals surface area contributed by atoms with E-state index in [2.05, 4.69) is 17.4 Å². The van der Waals surface area contributed by atoms with Gasteiger partial charge in [0, 0.05) is 43.5 Å². The summed E-state index contributed by atoms with van der Waals surface area (Å²) in [6.45, 7) is 1.23. The van der Waals surface area contributed by atoms with E-state index in [-0.39, 0.29) is 30.8 Å². The fourth-order valence-electron chi connectivity index (χ4n) is 6.15. The molecule has 2 unspecified atom stereocenters. The fraction of sp³-hybridized carbons (Fsp3) is 0.536. The third-order valence-corrected chi connectivity index (χ3v) is 7.86. The smallest absolute Gasteiger partial charge is 0.248 e. The molecule has 182 valence electrons. The number of carbonyl (C=O) groups is 1. The molecule has 1 N–H and O–H groups in total. The van der Waals surface area contributed by atoms with E-state index in [9.17, 15) is 13.6 Å². The topological polar surface area (TPSA) is 41.6 Å². The number of hydrogen-bond donors (Lipinski definition) is 1. The Morgan fingerprint density at radius 1 is 1.12 bits per heavy atom. The van der Waals surface area contributed by atoms with Crippen LogP contribution < -0.4 is 10.1 Å². The van der Waals surface area contributed by atoms with Crippen molar-refractivity contribution in [1.82, 2.24) is 10.2 Å². The van der Waals surface area contributed by atoms with Crippen LogP contribution in [0.3, 0.4) is 0 Å². The normalized spacial score (nSPS) is 25.9. The quantitative estimate of drug-likeness (QED) is 0.614. The summed E-state index contributed by atoms with van der Waals surface area (Å²) in [4.78, 5) is 15.3. The van der Waals surface area contributed by atoms with Gasteiger partial charge < -0.3 is 15.0 Å². The summed E-state index contributed by atoms with van der Waals surface area (Å²) < 4.78 is 33.8. The lowest BCUT2D eigenvalue weighted by Crippen LogP contribution is -2.43.